The molecule has 0 amide bonds. The summed E-state index contributed by atoms with van der Waals surface area (Å²) in [5.41, 5.74) is 1.09. The standard InChI is InChI=1S/C19H23NO4/c1-19(2)11-15(21)18(16(22)12-19)14(9-10-17(23)24-3)20-13-7-5-4-6-8-13/h4-8,21H,9-12H2,1-3H3. The molecule has 128 valence electrons. The van der Waals surface area contributed by atoms with Gasteiger partial charge in [0.15, 0.2) is 5.78 Å². The lowest BCUT2D eigenvalue weighted by Gasteiger charge is -2.30. The summed E-state index contributed by atoms with van der Waals surface area (Å²) in [5, 5.41) is 10.4. The topological polar surface area (TPSA) is 76.0 Å². The van der Waals surface area contributed by atoms with Gasteiger partial charge in [-0.2, -0.15) is 0 Å². The van der Waals surface area contributed by atoms with E-state index in [2.05, 4.69) is 9.73 Å². The number of aliphatic imine (C=N–C) groups is 1. The first-order valence-corrected chi connectivity index (χ1v) is 7.97. The number of aliphatic hydroxyl groups excluding tert-OH is 1. The molecule has 2 rings (SSSR count). The third-order valence-corrected chi connectivity index (χ3v) is 3.95. The molecule has 5 nitrogen and oxygen atoms in total. The lowest BCUT2D eigenvalue weighted by Crippen LogP contribution is -2.29. The Morgan fingerprint density at radius 3 is 2.46 bits per heavy atom. The van der Waals surface area contributed by atoms with Gasteiger partial charge in [-0.15, -0.1) is 0 Å². The minimum atomic E-state index is -0.376. The van der Waals surface area contributed by atoms with Gasteiger partial charge >= 0.3 is 5.97 Å². The number of rotatable bonds is 5. The normalized spacial score (nSPS) is 17.8. The molecular formula is C19H23NO4. The minimum absolute atomic E-state index is 0.0517. The highest BCUT2D eigenvalue weighted by Gasteiger charge is 2.35. The van der Waals surface area contributed by atoms with Crippen LogP contribution in [0.15, 0.2) is 46.7 Å². The number of ether oxygens (including phenoxy) is 1. The zero-order valence-corrected chi connectivity index (χ0v) is 14.3. The Labute approximate surface area is 142 Å². The number of aliphatic hydroxyl groups is 1. The van der Waals surface area contributed by atoms with Crippen molar-refractivity contribution in [2.75, 3.05) is 7.11 Å². The van der Waals surface area contributed by atoms with Gasteiger partial charge in [0.25, 0.3) is 0 Å². The van der Waals surface area contributed by atoms with E-state index < -0.39 is 0 Å². The molecule has 5 heteroatoms. The molecule has 1 N–H and O–H groups in total. The molecule has 1 aliphatic carbocycles. The molecule has 0 aliphatic heterocycles. The number of esters is 1. The van der Waals surface area contributed by atoms with E-state index in [1.165, 1.54) is 7.11 Å². The summed E-state index contributed by atoms with van der Waals surface area (Å²) in [5.74, 6) is -0.460. The van der Waals surface area contributed by atoms with Gasteiger partial charge in [-0.3, -0.25) is 14.6 Å². The average Bonchev–Trinajstić information content (AvgIpc) is 2.51. The highest BCUT2D eigenvalue weighted by Crippen LogP contribution is 2.37. The number of carbonyl (C=O) groups excluding carboxylic acids is 2. The van der Waals surface area contributed by atoms with Crippen LogP contribution in [0.4, 0.5) is 5.69 Å². The first kappa shape index (κ1) is 17.9. The fourth-order valence-corrected chi connectivity index (χ4v) is 2.83. The molecular weight excluding hydrogens is 306 g/mol. The maximum atomic E-state index is 12.6. The Hall–Kier alpha value is -2.43. The van der Waals surface area contributed by atoms with Crippen LogP contribution in [0.3, 0.4) is 0 Å². The third-order valence-electron chi connectivity index (χ3n) is 3.95. The zero-order chi connectivity index (χ0) is 17.7. The first-order chi connectivity index (χ1) is 11.3. The lowest BCUT2D eigenvalue weighted by molar-refractivity contribution is -0.140. The van der Waals surface area contributed by atoms with E-state index in [1.807, 2.05) is 44.2 Å². The number of hydrogen-bond acceptors (Lipinski definition) is 5. The van der Waals surface area contributed by atoms with Crippen LogP contribution in [-0.2, 0) is 14.3 Å². The summed E-state index contributed by atoms with van der Waals surface area (Å²) in [7, 11) is 1.32. The molecule has 0 aromatic heterocycles. The minimum Gasteiger partial charge on any atom is -0.511 e. The summed E-state index contributed by atoms with van der Waals surface area (Å²) in [6.45, 7) is 3.89. The zero-order valence-electron chi connectivity index (χ0n) is 14.3. The Balaban J connectivity index is 2.40. The van der Waals surface area contributed by atoms with Gasteiger partial charge in [-0.05, 0) is 17.5 Å². The quantitative estimate of drug-likeness (QED) is 0.656. The number of nitrogens with zero attached hydrogens (tertiary/aromatic N) is 1. The number of hydrogen-bond donors (Lipinski definition) is 1. The van der Waals surface area contributed by atoms with E-state index in [-0.39, 0.29) is 41.3 Å². The van der Waals surface area contributed by atoms with Gasteiger partial charge in [-0.25, -0.2) is 0 Å². The Morgan fingerprint density at radius 2 is 1.88 bits per heavy atom. The van der Waals surface area contributed by atoms with Gasteiger partial charge in [0.2, 0.25) is 0 Å². The van der Waals surface area contributed by atoms with Crippen LogP contribution >= 0.6 is 0 Å². The van der Waals surface area contributed by atoms with Crippen LogP contribution in [-0.4, -0.2) is 29.7 Å². The van der Waals surface area contributed by atoms with Crippen molar-refractivity contribution in [1.82, 2.24) is 0 Å². The maximum absolute atomic E-state index is 12.6. The van der Waals surface area contributed by atoms with E-state index in [9.17, 15) is 14.7 Å². The van der Waals surface area contributed by atoms with Gasteiger partial charge in [0.1, 0.15) is 5.76 Å². The van der Waals surface area contributed by atoms with Crippen LogP contribution in [0.1, 0.15) is 39.5 Å². The largest absolute Gasteiger partial charge is 0.511 e. The fourth-order valence-electron chi connectivity index (χ4n) is 2.83. The Morgan fingerprint density at radius 1 is 1.21 bits per heavy atom. The first-order valence-electron chi connectivity index (χ1n) is 7.97. The van der Waals surface area contributed by atoms with Crippen molar-refractivity contribution in [3.8, 4) is 0 Å². The van der Waals surface area contributed by atoms with Crippen molar-refractivity contribution in [3.05, 3.63) is 41.7 Å². The van der Waals surface area contributed by atoms with Crippen LogP contribution in [0.5, 0.6) is 0 Å². The summed E-state index contributed by atoms with van der Waals surface area (Å²) in [4.78, 5) is 28.5. The molecule has 0 radical (unpaired) electrons. The number of methoxy groups -OCH3 is 1. The molecule has 0 atom stereocenters. The average molecular weight is 329 g/mol. The van der Waals surface area contributed by atoms with Crippen LogP contribution < -0.4 is 0 Å². The highest BCUT2D eigenvalue weighted by molar-refractivity contribution is 6.24. The van der Waals surface area contributed by atoms with Crippen LogP contribution in [0.2, 0.25) is 0 Å². The van der Waals surface area contributed by atoms with Gasteiger partial charge < -0.3 is 9.84 Å². The second-order valence-corrected chi connectivity index (χ2v) is 6.73. The second-order valence-electron chi connectivity index (χ2n) is 6.73. The van der Waals surface area contributed by atoms with Crippen molar-refractivity contribution in [1.29, 1.82) is 0 Å². The number of allylic oxidation sites excluding steroid dienone is 2. The van der Waals surface area contributed by atoms with Crippen molar-refractivity contribution in [2.24, 2.45) is 10.4 Å². The molecule has 0 bridgehead atoms. The van der Waals surface area contributed by atoms with E-state index in [4.69, 9.17) is 0 Å². The summed E-state index contributed by atoms with van der Waals surface area (Å²) < 4.78 is 4.67. The number of ketones is 1. The lowest BCUT2D eigenvalue weighted by atomic mass is 9.75. The molecule has 24 heavy (non-hydrogen) atoms. The summed E-state index contributed by atoms with van der Waals surface area (Å²) >= 11 is 0. The van der Waals surface area contributed by atoms with Crippen molar-refractivity contribution < 1.29 is 19.4 Å². The van der Waals surface area contributed by atoms with E-state index in [0.717, 1.165) is 0 Å². The molecule has 0 unspecified atom stereocenters. The van der Waals surface area contributed by atoms with Gasteiger partial charge in [0.05, 0.1) is 30.5 Å². The second kappa shape index (κ2) is 7.43. The predicted octanol–water partition coefficient (Wildman–Crippen LogP) is 3.91. The van der Waals surface area contributed by atoms with E-state index in [1.54, 1.807) is 0 Å². The summed E-state index contributed by atoms with van der Waals surface area (Å²) in [6, 6.07) is 9.19. The SMILES string of the molecule is COC(=O)CCC(=Nc1ccccc1)C1=C(O)CC(C)(C)CC1=O. The number of Topliss-reactive ketones (excluding diaryl/α,β-unsaturated/α-hetero) is 1. The summed E-state index contributed by atoms with van der Waals surface area (Å²) in [6.07, 6.45) is 1.11. The Bertz CT molecular complexity index is 687. The molecule has 0 spiro atoms. The smallest absolute Gasteiger partial charge is 0.305 e. The van der Waals surface area contributed by atoms with Gasteiger partial charge in [0, 0.05) is 19.3 Å². The number of carbonyl (C=O) groups is 2. The molecule has 0 fully saturated rings. The molecule has 1 aromatic carbocycles. The molecule has 0 saturated heterocycles. The molecule has 0 heterocycles. The van der Waals surface area contributed by atoms with Crippen molar-refractivity contribution in [2.45, 2.75) is 39.5 Å². The van der Waals surface area contributed by atoms with E-state index >= 15 is 0 Å². The number of benzene rings is 1. The van der Waals surface area contributed by atoms with Crippen molar-refractivity contribution >= 4 is 23.2 Å². The Kier molecular flexibility index (Phi) is 5.54. The van der Waals surface area contributed by atoms with Crippen molar-refractivity contribution in [3.63, 3.8) is 0 Å². The molecule has 0 saturated carbocycles. The maximum Gasteiger partial charge on any atom is 0.305 e. The number of para-hydroxylation sites is 1. The van der Waals surface area contributed by atoms with Crippen LogP contribution in [0, 0.1) is 5.41 Å². The highest BCUT2D eigenvalue weighted by atomic mass is 16.5. The van der Waals surface area contributed by atoms with Gasteiger partial charge in [-0.1, -0.05) is 32.0 Å². The monoisotopic (exact) mass is 329 g/mol. The van der Waals surface area contributed by atoms with Crippen LogP contribution in [0.25, 0.3) is 0 Å². The molecule has 1 aliphatic rings. The molecule has 1 aromatic rings. The predicted molar refractivity (Wildman–Crippen MR) is 92.5 cm³/mol. The fraction of sp³-hybridized carbons (Fsp3) is 0.421. The third kappa shape index (κ3) is 4.54. The van der Waals surface area contributed by atoms with E-state index in [0.29, 0.717) is 24.2 Å².